The van der Waals surface area contributed by atoms with E-state index < -0.39 is 0 Å². The van der Waals surface area contributed by atoms with Crippen LogP contribution in [0.15, 0.2) is 12.7 Å². The van der Waals surface area contributed by atoms with Gasteiger partial charge in [0.15, 0.2) is 0 Å². The fourth-order valence-electron chi connectivity index (χ4n) is 2.22. The summed E-state index contributed by atoms with van der Waals surface area (Å²) in [7, 11) is 0. The van der Waals surface area contributed by atoms with Gasteiger partial charge in [0.05, 0.1) is 0 Å². The van der Waals surface area contributed by atoms with E-state index in [9.17, 15) is 9.59 Å². The van der Waals surface area contributed by atoms with Gasteiger partial charge < -0.3 is 10.6 Å². The minimum absolute atomic E-state index is 0.123. The molecule has 1 saturated carbocycles. The number of primary amides is 1. The van der Waals surface area contributed by atoms with Crippen LogP contribution in [-0.2, 0) is 9.59 Å². The van der Waals surface area contributed by atoms with Crippen LogP contribution in [0.4, 0.5) is 0 Å². The van der Waals surface area contributed by atoms with E-state index in [4.69, 9.17) is 5.73 Å². The Bertz CT molecular complexity index is 325. The summed E-state index contributed by atoms with van der Waals surface area (Å²) < 4.78 is 0. The average molecular weight is 223 g/mol. The van der Waals surface area contributed by atoms with Crippen LogP contribution in [0.3, 0.4) is 0 Å². The molecule has 5 nitrogen and oxygen atoms in total. The number of carbonyl (C=O) groups is 2. The first-order valence-electron chi connectivity index (χ1n) is 5.60. The highest BCUT2D eigenvalue weighted by atomic mass is 16.2. The monoisotopic (exact) mass is 223 g/mol. The van der Waals surface area contributed by atoms with Crippen molar-refractivity contribution in [3.63, 3.8) is 0 Å². The Morgan fingerprint density at radius 1 is 1.31 bits per heavy atom. The highest BCUT2D eigenvalue weighted by Crippen LogP contribution is 2.30. The zero-order valence-electron chi connectivity index (χ0n) is 9.26. The van der Waals surface area contributed by atoms with Gasteiger partial charge >= 0.3 is 0 Å². The van der Waals surface area contributed by atoms with Crippen molar-refractivity contribution in [3.8, 4) is 0 Å². The lowest BCUT2D eigenvalue weighted by Crippen LogP contribution is -2.59. The van der Waals surface area contributed by atoms with Crippen LogP contribution in [0, 0.1) is 0 Å². The minimum atomic E-state index is -0.339. The second-order valence-corrected chi connectivity index (χ2v) is 4.38. The lowest BCUT2D eigenvalue weighted by atomic mass is 10.1. The van der Waals surface area contributed by atoms with Crippen LogP contribution in [0.5, 0.6) is 0 Å². The molecule has 1 saturated heterocycles. The lowest BCUT2D eigenvalue weighted by Gasteiger charge is -2.39. The van der Waals surface area contributed by atoms with Crippen molar-refractivity contribution in [1.82, 2.24) is 9.80 Å². The number of amides is 2. The van der Waals surface area contributed by atoms with Gasteiger partial charge in [0.2, 0.25) is 11.8 Å². The maximum absolute atomic E-state index is 11.5. The highest BCUT2D eigenvalue weighted by Gasteiger charge is 2.40. The number of rotatable bonds is 3. The number of piperazine rings is 1. The van der Waals surface area contributed by atoms with E-state index in [-0.39, 0.29) is 17.9 Å². The molecule has 1 heterocycles. The molecule has 5 heteroatoms. The molecular formula is C11H17N3O2. The third-order valence-corrected chi connectivity index (χ3v) is 3.25. The van der Waals surface area contributed by atoms with Gasteiger partial charge in [0, 0.05) is 25.7 Å². The van der Waals surface area contributed by atoms with Crippen molar-refractivity contribution < 1.29 is 9.59 Å². The molecule has 16 heavy (non-hydrogen) atoms. The van der Waals surface area contributed by atoms with Gasteiger partial charge in [0.25, 0.3) is 0 Å². The second kappa shape index (κ2) is 4.25. The molecule has 0 aromatic heterocycles. The van der Waals surface area contributed by atoms with E-state index >= 15 is 0 Å². The summed E-state index contributed by atoms with van der Waals surface area (Å²) in [5.74, 6) is -0.463. The molecule has 1 unspecified atom stereocenters. The lowest BCUT2D eigenvalue weighted by molar-refractivity contribution is -0.133. The molecule has 88 valence electrons. The molecule has 1 aliphatic heterocycles. The van der Waals surface area contributed by atoms with Crippen molar-refractivity contribution in [3.05, 3.63) is 12.7 Å². The summed E-state index contributed by atoms with van der Waals surface area (Å²) in [5.41, 5.74) is 5.38. The van der Waals surface area contributed by atoms with Crippen LogP contribution in [0.25, 0.3) is 0 Å². The summed E-state index contributed by atoms with van der Waals surface area (Å²) >= 11 is 0. The summed E-state index contributed by atoms with van der Waals surface area (Å²) in [6.07, 6.45) is 3.56. The molecule has 2 N–H and O–H groups in total. The molecule has 1 atom stereocenters. The predicted octanol–water partition coefficient (Wildman–Crippen LogP) is -0.667. The number of nitrogens with zero attached hydrogens (tertiary/aromatic N) is 2. The van der Waals surface area contributed by atoms with Crippen molar-refractivity contribution in [1.29, 1.82) is 0 Å². The molecular weight excluding hydrogens is 206 g/mol. The third-order valence-electron chi connectivity index (χ3n) is 3.25. The Morgan fingerprint density at radius 3 is 2.50 bits per heavy atom. The molecule has 2 amide bonds. The topological polar surface area (TPSA) is 66.6 Å². The predicted molar refractivity (Wildman–Crippen MR) is 59.5 cm³/mol. The Labute approximate surface area is 94.9 Å². The van der Waals surface area contributed by atoms with Crippen LogP contribution in [0.2, 0.25) is 0 Å². The van der Waals surface area contributed by atoms with Gasteiger partial charge in [-0.25, -0.2) is 0 Å². The Balaban J connectivity index is 2.05. The van der Waals surface area contributed by atoms with Gasteiger partial charge in [-0.05, 0) is 18.9 Å². The zero-order valence-corrected chi connectivity index (χ0v) is 9.26. The average Bonchev–Trinajstić information content (AvgIpc) is 3.11. The largest absolute Gasteiger partial charge is 0.368 e. The normalized spacial score (nSPS) is 26.5. The maximum Gasteiger partial charge on any atom is 0.246 e. The second-order valence-electron chi connectivity index (χ2n) is 4.38. The minimum Gasteiger partial charge on any atom is -0.368 e. The fraction of sp³-hybridized carbons (Fsp3) is 0.636. The quantitative estimate of drug-likeness (QED) is 0.645. The van der Waals surface area contributed by atoms with Crippen molar-refractivity contribution in [2.75, 3.05) is 19.6 Å². The van der Waals surface area contributed by atoms with Crippen LogP contribution in [-0.4, -0.2) is 53.3 Å². The van der Waals surface area contributed by atoms with Gasteiger partial charge in [-0.2, -0.15) is 0 Å². The third kappa shape index (κ3) is 2.09. The van der Waals surface area contributed by atoms with Gasteiger partial charge in [-0.1, -0.05) is 6.58 Å². The van der Waals surface area contributed by atoms with E-state index in [1.807, 2.05) is 0 Å². The van der Waals surface area contributed by atoms with E-state index in [1.54, 1.807) is 4.90 Å². The summed E-state index contributed by atoms with van der Waals surface area (Å²) in [4.78, 5) is 26.6. The SMILES string of the molecule is C=CC(=O)N1CCN(C2CC2)C(C(N)=O)C1. The number of nitrogens with two attached hydrogens (primary N) is 1. The number of carbonyl (C=O) groups excluding carboxylic acids is 2. The molecule has 2 fully saturated rings. The highest BCUT2D eigenvalue weighted by molar-refractivity contribution is 5.88. The summed E-state index contributed by atoms with van der Waals surface area (Å²) in [6, 6.07) is 0.170. The smallest absolute Gasteiger partial charge is 0.246 e. The summed E-state index contributed by atoms with van der Waals surface area (Å²) in [5, 5.41) is 0. The van der Waals surface area contributed by atoms with Gasteiger partial charge in [-0.15, -0.1) is 0 Å². The van der Waals surface area contributed by atoms with E-state index in [0.29, 0.717) is 19.1 Å². The standard InChI is InChI=1S/C11H17N3O2/c1-2-10(15)13-5-6-14(8-3-4-8)9(7-13)11(12)16/h2,8-9H,1,3-7H2,(H2,12,16). The molecule has 1 aliphatic carbocycles. The Morgan fingerprint density at radius 2 is 2.00 bits per heavy atom. The fourth-order valence-corrected chi connectivity index (χ4v) is 2.22. The molecule has 2 aliphatic rings. The number of hydrogen-bond acceptors (Lipinski definition) is 3. The molecule has 0 aromatic rings. The van der Waals surface area contributed by atoms with Crippen molar-refractivity contribution in [2.24, 2.45) is 5.73 Å². The maximum atomic E-state index is 11.5. The van der Waals surface area contributed by atoms with Crippen molar-refractivity contribution in [2.45, 2.75) is 24.9 Å². The molecule has 0 spiro atoms. The first-order chi connectivity index (χ1) is 7.63. The Kier molecular flexibility index (Phi) is 2.96. The van der Waals surface area contributed by atoms with Crippen molar-refractivity contribution >= 4 is 11.8 Å². The van der Waals surface area contributed by atoms with E-state index in [0.717, 1.165) is 19.4 Å². The van der Waals surface area contributed by atoms with Gasteiger partial charge in [0.1, 0.15) is 6.04 Å². The first-order valence-corrected chi connectivity index (χ1v) is 5.60. The molecule has 0 radical (unpaired) electrons. The van der Waals surface area contributed by atoms with Crippen LogP contribution >= 0.6 is 0 Å². The molecule has 0 bridgehead atoms. The Hall–Kier alpha value is -1.36. The molecule has 0 aromatic carbocycles. The van der Waals surface area contributed by atoms with Crippen LogP contribution < -0.4 is 5.73 Å². The molecule has 2 rings (SSSR count). The van der Waals surface area contributed by atoms with E-state index in [1.165, 1.54) is 6.08 Å². The zero-order chi connectivity index (χ0) is 11.7. The van der Waals surface area contributed by atoms with Gasteiger partial charge in [-0.3, -0.25) is 14.5 Å². The van der Waals surface area contributed by atoms with Crippen LogP contribution in [0.1, 0.15) is 12.8 Å². The van der Waals surface area contributed by atoms with E-state index in [2.05, 4.69) is 11.5 Å². The summed E-state index contributed by atoms with van der Waals surface area (Å²) in [6.45, 7) is 5.24. The first kappa shape index (κ1) is 11.1. The number of hydrogen-bond donors (Lipinski definition) is 1.